The molecule has 0 spiro atoms. The first-order chi connectivity index (χ1) is 8.72. The Labute approximate surface area is 111 Å². The van der Waals surface area contributed by atoms with Crippen LogP contribution in [0.1, 0.15) is 43.4 Å². The highest BCUT2D eigenvalue weighted by atomic mass is 16.5. The van der Waals surface area contributed by atoms with E-state index in [0.29, 0.717) is 6.04 Å². The second-order valence-electron chi connectivity index (χ2n) is 4.45. The van der Waals surface area contributed by atoms with Crippen LogP contribution in [-0.2, 0) is 0 Å². The fourth-order valence-corrected chi connectivity index (χ4v) is 2.15. The SMILES string of the molecule is C#CCCCC(NCC)c1cc(C)ccc1OC. The molecule has 0 amide bonds. The summed E-state index contributed by atoms with van der Waals surface area (Å²) in [5.41, 5.74) is 2.49. The summed E-state index contributed by atoms with van der Waals surface area (Å²) in [5.74, 6) is 3.65. The lowest BCUT2D eigenvalue weighted by atomic mass is 9.98. The molecule has 1 aromatic carbocycles. The van der Waals surface area contributed by atoms with Gasteiger partial charge in [0.05, 0.1) is 7.11 Å². The van der Waals surface area contributed by atoms with E-state index in [4.69, 9.17) is 11.2 Å². The molecule has 2 nitrogen and oxygen atoms in total. The number of hydrogen-bond donors (Lipinski definition) is 1. The Morgan fingerprint density at radius 2 is 2.22 bits per heavy atom. The van der Waals surface area contributed by atoms with E-state index in [1.54, 1.807) is 7.11 Å². The molecule has 0 aromatic heterocycles. The summed E-state index contributed by atoms with van der Waals surface area (Å²) in [6.07, 6.45) is 8.21. The molecule has 1 unspecified atom stereocenters. The van der Waals surface area contributed by atoms with Crippen molar-refractivity contribution in [1.29, 1.82) is 0 Å². The predicted octanol–water partition coefficient (Wildman–Crippen LogP) is 3.46. The zero-order valence-corrected chi connectivity index (χ0v) is 11.6. The molecule has 18 heavy (non-hydrogen) atoms. The van der Waals surface area contributed by atoms with Gasteiger partial charge in [-0.25, -0.2) is 0 Å². The lowest BCUT2D eigenvalue weighted by Gasteiger charge is -2.21. The Morgan fingerprint density at radius 1 is 1.44 bits per heavy atom. The first-order valence-electron chi connectivity index (χ1n) is 6.54. The van der Waals surface area contributed by atoms with E-state index >= 15 is 0 Å². The molecule has 0 heterocycles. The number of terminal acetylenes is 1. The third-order valence-electron chi connectivity index (χ3n) is 3.03. The Bertz CT molecular complexity index is 406. The van der Waals surface area contributed by atoms with Crippen molar-refractivity contribution in [3.8, 4) is 18.1 Å². The molecule has 0 fully saturated rings. The van der Waals surface area contributed by atoms with Crippen LogP contribution < -0.4 is 10.1 Å². The van der Waals surface area contributed by atoms with Crippen LogP contribution >= 0.6 is 0 Å². The highest BCUT2D eigenvalue weighted by Crippen LogP contribution is 2.29. The molecule has 1 aromatic rings. The van der Waals surface area contributed by atoms with Gasteiger partial charge in [0.2, 0.25) is 0 Å². The first kappa shape index (κ1) is 14.6. The largest absolute Gasteiger partial charge is 0.496 e. The number of hydrogen-bond acceptors (Lipinski definition) is 2. The van der Waals surface area contributed by atoms with Crippen molar-refractivity contribution in [3.63, 3.8) is 0 Å². The second kappa shape index (κ2) is 7.79. The quantitative estimate of drug-likeness (QED) is 0.587. The van der Waals surface area contributed by atoms with Gasteiger partial charge < -0.3 is 10.1 Å². The Balaban J connectivity index is 2.89. The lowest BCUT2D eigenvalue weighted by molar-refractivity contribution is 0.394. The number of unbranched alkanes of at least 4 members (excludes halogenated alkanes) is 1. The third kappa shape index (κ3) is 4.09. The van der Waals surface area contributed by atoms with Crippen LogP contribution in [0.3, 0.4) is 0 Å². The predicted molar refractivity (Wildman–Crippen MR) is 76.8 cm³/mol. The van der Waals surface area contributed by atoms with Crippen molar-refractivity contribution in [1.82, 2.24) is 5.32 Å². The van der Waals surface area contributed by atoms with Gasteiger partial charge in [0.15, 0.2) is 0 Å². The van der Waals surface area contributed by atoms with Crippen molar-refractivity contribution < 1.29 is 4.74 Å². The Kier molecular flexibility index (Phi) is 6.32. The molecular weight excluding hydrogens is 222 g/mol. The smallest absolute Gasteiger partial charge is 0.123 e. The number of ether oxygens (including phenoxy) is 1. The number of benzene rings is 1. The topological polar surface area (TPSA) is 21.3 Å². The summed E-state index contributed by atoms with van der Waals surface area (Å²) in [5, 5.41) is 3.51. The van der Waals surface area contributed by atoms with E-state index in [1.165, 1.54) is 11.1 Å². The molecule has 98 valence electrons. The zero-order chi connectivity index (χ0) is 13.4. The minimum absolute atomic E-state index is 0.318. The minimum atomic E-state index is 0.318. The summed E-state index contributed by atoms with van der Waals surface area (Å²) in [7, 11) is 1.72. The molecule has 0 aliphatic carbocycles. The van der Waals surface area contributed by atoms with Gasteiger partial charge in [0.1, 0.15) is 5.75 Å². The highest BCUT2D eigenvalue weighted by Gasteiger charge is 2.14. The molecule has 0 aliphatic rings. The number of aryl methyl sites for hydroxylation is 1. The lowest BCUT2D eigenvalue weighted by Crippen LogP contribution is -2.21. The molecule has 1 rings (SSSR count). The monoisotopic (exact) mass is 245 g/mol. The standard InChI is InChI=1S/C16H23NO/c1-5-7-8-9-15(17-6-2)14-12-13(3)10-11-16(14)18-4/h1,10-12,15,17H,6-9H2,2-4H3. The van der Waals surface area contributed by atoms with Crippen molar-refractivity contribution in [2.24, 2.45) is 0 Å². The maximum atomic E-state index is 5.45. The molecule has 0 saturated carbocycles. The van der Waals surface area contributed by atoms with Gasteiger partial charge in [-0.05, 0) is 32.4 Å². The fourth-order valence-electron chi connectivity index (χ4n) is 2.15. The highest BCUT2D eigenvalue weighted by molar-refractivity contribution is 5.39. The van der Waals surface area contributed by atoms with E-state index in [0.717, 1.165) is 31.6 Å². The first-order valence-corrected chi connectivity index (χ1v) is 6.54. The van der Waals surface area contributed by atoms with Crippen molar-refractivity contribution in [2.75, 3.05) is 13.7 Å². The van der Waals surface area contributed by atoms with Gasteiger partial charge in [-0.15, -0.1) is 12.3 Å². The number of rotatable bonds is 7. The van der Waals surface area contributed by atoms with Gasteiger partial charge in [0.25, 0.3) is 0 Å². The summed E-state index contributed by atoms with van der Waals surface area (Å²) in [6.45, 7) is 5.17. The maximum Gasteiger partial charge on any atom is 0.123 e. The Morgan fingerprint density at radius 3 is 2.83 bits per heavy atom. The molecule has 0 bridgehead atoms. The van der Waals surface area contributed by atoms with E-state index < -0.39 is 0 Å². The van der Waals surface area contributed by atoms with Crippen LogP contribution in [0.15, 0.2) is 18.2 Å². The fraction of sp³-hybridized carbons (Fsp3) is 0.500. The summed E-state index contributed by atoms with van der Waals surface area (Å²) in [4.78, 5) is 0. The molecule has 0 aliphatic heterocycles. The summed E-state index contributed by atoms with van der Waals surface area (Å²) < 4.78 is 5.45. The molecule has 0 saturated heterocycles. The Hall–Kier alpha value is -1.46. The van der Waals surface area contributed by atoms with Crippen LogP contribution in [0.5, 0.6) is 5.75 Å². The number of methoxy groups -OCH3 is 1. The zero-order valence-electron chi connectivity index (χ0n) is 11.6. The van der Waals surface area contributed by atoms with Crippen LogP contribution in [0, 0.1) is 19.3 Å². The van der Waals surface area contributed by atoms with E-state index in [-0.39, 0.29) is 0 Å². The summed E-state index contributed by atoms with van der Waals surface area (Å²) >= 11 is 0. The van der Waals surface area contributed by atoms with E-state index in [2.05, 4.69) is 37.2 Å². The molecule has 1 atom stereocenters. The third-order valence-corrected chi connectivity index (χ3v) is 3.03. The van der Waals surface area contributed by atoms with Gasteiger partial charge in [-0.1, -0.05) is 24.6 Å². The average molecular weight is 245 g/mol. The minimum Gasteiger partial charge on any atom is -0.496 e. The van der Waals surface area contributed by atoms with Crippen molar-refractivity contribution in [2.45, 2.75) is 39.2 Å². The van der Waals surface area contributed by atoms with Crippen molar-refractivity contribution in [3.05, 3.63) is 29.3 Å². The number of nitrogens with one attached hydrogen (secondary N) is 1. The van der Waals surface area contributed by atoms with Gasteiger partial charge in [-0.3, -0.25) is 0 Å². The summed E-state index contributed by atoms with van der Waals surface area (Å²) in [6, 6.07) is 6.63. The van der Waals surface area contributed by atoms with E-state index in [9.17, 15) is 0 Å². The van der Waals surface area contributed by atoms with Gasteiger partial charge >= 0.3 is 0 Å². The molecule has 0 radical (unpaired) electrons. The van der Waals surface area contributed by atoms with Crippen LogP contribution in [0.4, 0.5) is 0 Å². The molecule has 2 heteroatoms. The molecular formula is C16H23NO. The average Bonchev–Trinajstić information content (AvgIpc) is 2.38. The van der Waals surface area contributed by atoms with Crippen LogP contribution in [0.2, 0.25) is 0 Å². The maximum absolute atomic E-state index is 5.45. The van der Waals surface area contributed by atoms with E-state index in [1.807, 2.05) is 6.07 Å². The van der Waals surface area contributed by atoms with Crippen LogP contribution in [-0.4, -0.2) is 13.7 Å². The van der Waals surface area contributed by atoms with Gasteiger partial charge in [0, 0.05) is 18.0 Å². The van der Waals surface area contributed by atoms with Crippen molar-refractivity contribution >= 4 is 0 Å². The van der Waals surface area contributed by atoms with Gasteiger partial charge in [-0.2, -0.15) is 0 Å². The second-order valence-corrected chi connectivity index (χ2v) is 4.45. The van der Waals surface area contributed by atoms with Crippen LogP contribution in [0.25, 0.3) is 0 Å². The molecule has 1 N–H and O–H groups in total. The normalized spacial score (nSPS) is 11.9.